The summed E-state index contributed by atoms with van der Waals surface area (Å²) in [4.78, 5) is 1.15. The van der Waals surface area contributed by atoms with Crippen LogP contribution in [0.5, 0.6) is 0 Å². The zero-order valence-corrected chi connectivity index (χ0v) is 12.9. The third-order valence-electron chi connectivity index (χ3n) is 3.01. The van der Waals surface area contributed by atoms with Crippen LogP contribution in [0.4, 0.5) is 32.0 Å². The lowest BCUT2D eigenvalue weighted by molar-refractivity contribution is -0.138. The van der Waals surface area contributed by atoms with Crippen LogP contribution < -0.4 is 10.3 Å². The molecule has 0 heterocycles. The normalized spacial score (nSPS) is 12.9. The van der Waals surface area contributed by atoms with Crippen LogP contribution in [0.15, 0.2) is 53.4 Å². The Morgan fingerprint density at radius 2 is 1.32 bits per heavy atom. The Labute approximate surface area is 138 Å². The Balaban J connectivity index is 2.14. The second-order valence-corrected chi connectivity index (χ2v) is 6.51. The molecule has 0 bridgehead atoms. The second-order valence-electron chi connectivity index (χ2n) is 4.83. The van der Waals surface area contributed by atoms with Gasteiger partial charge in [0.2, 0.25) is 0 Å². The van der Waals surface area contributed by atoms with Gasteiger partial charge in [0.15, 0.2) is 0 Å². The van der Waals surface area contributed by atoms with E-state index in [-0.39, 0.29) is 5.69 Å². The first-order valence-corrected chi connectivity index (χ1v) is 8.00. The van der Waals surface area contributed by atoms with Crippen molar-refractivity contribution in [2.24, 2.45) is 0 Å². The standard InChI is InChI=1S/C14H10F6N2O2S/c15-13(16,17)9-4-6-11(7-5-9)21-22-25(23,24)12-3-1-2-10(8-12)14(18,19)20/h1-8,21-22H. The first kappa shape index (κ1) is 19.1. The SMILES string of the molecule is O=S(=O)(NNc1ccc(C(F)(F)F)cc1)c1cccc(C(F)(F)F)c1. The third kappa shape index (κ3) is 4.86. The van der Waals surface area contributed by atoms with Crippen molar-refractivity contribution in [2.75, 3.05) is 5.43 Å². The molecular weight excluding hydrogens is 374 g/mol. The molecule has 0 atom stereocenters. The van der Waals surface area contributed by atoms with E-state index in [1.807, 2.05) is 0 Å². The highest BCUT2D eigenvalue weighted by molar-refractivity contribution is 7.89. The van der Waals surface area contributed by atoms with Gasteiger partial charge in [0, 0.05) is 5.69 Å². The van der Waals surface area contributed by atoms with Gasteiger partial charge in [-0.05, 0) is 42.5 Å². The van der Waals surface area contributed by atoms with Crippen LogP contribution in [-0.4, -0.2) is 8.42 Å². The van der Waals surface area contributed by atoms with E-state index in [1.165, 1.54) is 0 Å². The summed E-state index contributed by atoms with van der Waals surface area (Å²) < 4.78 is 99.1. The first-order valence-electron chi connectivity index (χ1n) is 6.52. The summed E-state index contributed by atoms with van der Waals surface area (Å²) in [6.45, 7) is 0. The van der Waals surface area contributed by atoms with Crippen molar-refractivity contribution in [3.05, 3.63) is 59.7 Å². The maximum absolute atomic E-state index is 12.6. The molecule has 0 saturated heterocycles. The molecule has 4 nitrogen and oxygen atoms in total. The summed E-state index contributed by atoms with van der Waals surface area (Å²) >= 11 is 0. The number of rotatable bonds is 4. The average molecular weight is 384 g/mol. The number of sulfonamides is 1. The minimum absolute atomic E-state index is 0.0245. The smallest absolute Gasteiger partial charge is 0.308 e. The van der Waals surface area contributed by atoms with E-state index >= 15 is 0 Å². The van der Waals surface area contributed by atoms with Crippen LogP contribution >= 0.6 is 0 Å². The predicted molar refractivity (Wildman–Crippen MR) is 76.8 cm³/mol. The average Bonchev–Trinajstić information content (AvgIpc) is 2.52. The summed E-state index contributed by atoms with van der Waals surface area (Å²) in [5, 5.41) is 0. The molecule has 2 aromatic carbocycles. The van der Waals surface area contributed by atoms with Gasteiger partial charge in [-0.25, -0.2) is 8.42 Å². The number of hydrogen-bond acceptors (Lipinski definition) is 3. The summed E-state index contributed by atoms with van der Waals surface area (Å²) in [7, 11) is -4.36. The minimum atomic E-state index is -4.72. The molecule has 0 unspecified atom stereocenters. The van der Waals surface area contributed by atoms with Gasteiger partial charge in [-0.2, -0.15) is 26.3 Å². The number of hydrazine groups is 1. The summed E-state index contributed by atoms with van der Waals surface area (Å²) in [5.74, 6) is 0. The molecule has 2 aromatic rings. The zero-order chi connectivity index (χ0) is 18.9. The van der Waals surface area contributed by atoms with Crippen LogP contribution in [0, 0.1) is 0 Å². The van der Waals surface area contributed by atoms with Gasteiger partial charge in [0.05, 0.1) is 16.0 Å². The number of nitrogens with one attached hydrogen (secondary N) is 2. The van der Waals surface area contributed by atoms with Crippen LogP contribution in [0.25, 0.3) is 0 Å². The Hall–Kier alpha value is -2.27. The van der Waals surface area contributed by atoms with Crippen molar-refractivity contribution < 1.29 is 34.8 Å². The molecule has 0 spiro atoms. The monoisotopic (exact) mass is 384 g/mol. The number of alkyl halides is 6. The molecule has 0 aliphatic heterocycles. The van der Waals surface area contributed by atoms with Crippen molar-refractivity contribution in [3.63, 3.8) is 0 Å². The fourth-order valence-electron chi connectivity index (χ4n) is 1.77. The first-order chi connectivity index (χ1) is 11.4. The van der Waals surface area contributed by atoms with Crippen molar-refractivity contribution in [3.8, 4) is 0 Å². The Kier molecular flexibility index (Phi) is 5.00. The van der Waals surface area contributed by atoms with Crippen LogP contribution in [0.1, 0.15) is 11.1 Å². The highest BCUT2D eigenvalue weighted by Crippen LogP contribution is 2.31. The van der Waals surface area contributed by atoms with Crippen molar-refractivity contribution in [2.45, 2.75) is 17.2 Å². The minimum Gasteiger partial charge on any atom is -0.308 e. The maximum Gasteiger partial charge on any atom is 0.416 e. The number of hydrogen-bond donors (Lipinski definition) is 2. The number of anilines is 1. The lowest BCUT2D eigenvalue weighted by atomic mass is 10.2. The summed E-state index contributed by atoms with van der Waals surface area (Å²) in [5.41, 5.74) is 0.0293. The highest BCUT2D eigenvalue weighted by Gasteiger charge is 2.32. The van der Waals surface area contributed by atoms with Gasteiger partial charge in [-0.15, -0.1) is 4.83 Å². The van der Waals surface area contributed by atoms with Gasteiger partial charge in [0.25, 0.3) is 10.0 Å². The van der Waals surface area contributed by atoms with E-state index in [0.29, 0.717) is 12.1 Å². The Bertz CT molecular complexity index is 845. The van der Waals surface area contributed by atoms with E-state index < -0.39 is 38.4 Å². The fourth-order valence-corrected chi connectivity index (χ4v) is 2.68. The molecule has 11 heteroatoms. The lowest BCUT2D eigenvalue weighted by Gasteiger charge is -2.12. The predicted octanol–water partition coefficient (Wildman–Crippen LogP) is 4.03. The highest BCUT2D eigenvalue weighted by atomic mass is 32.2. The number of benzene rings is 2. The fraction of sp³-hybridized carbons (Fsp3) is 0.143. The van der Waals surface area contributed by atoms with Crippen molar-refractivity contribution in [1.82, 2.24) is 4.83 Å². The van der Waals surface area contributed by atoms with Crippen LogP contribution in [0.2, 0.25) is 0 Å². The molecule has 2 N–H and O–H groups in total. The Morgan fingerprint density at radius 3 is 1.84 bits per heavy atom. The molecule has 136 valence electrons. The molecule has 0 aromatic heterocycles. The van der Waals surface area contributed by atoms with Crippen LogP contribution in [0.3, 0.4) is 0 Å². The maximum atomic E-state index is 12.6. The molecule has 0 saturated carbocycles. The van der Waals surface area contributed by atoms with E-state index in [1.54, 1.807) is 4.83 Å². The topological polar surface area (TPSA) is 58.2 Å². The molecule has 0 aliphatic rings. The van der Waals surface area contributed by atoms with E-state index in [2.05, 4.69) is 5.43 Å². The van der Waals surface area contributed by atoms with Gasteiger partial charge < -0.3 is 5.43 Å². The zero-order valence-electron chi connectivity index (χ0n) is 12.1. The van der Waals surface area contributed by atoms with Crippen molar-refractivity contribution in [1.29, 1.82) is 0 Å². The second kappa shape index (κ2) is 6.56. The van der Waals surface area contributed by atoms with Gasteiger partial charge in [-0.3, -0.25) is 0 Å². The molecule has 0 radical (unpaired) electrons. The van der Waals surface area contributed by atoms with Gasteiger partial charge in [0.1, 0.15) is 0 Å². The molecule has 25 heavy (non-hydrogen) atoms. The molecule has 2 rings (SSSR count). The quantitative estimate of drug-likeness (QED) is 0.618. The Morgan fingerprint density at radius 1 is 0.760 bits per heavy atom. The van der Waals surface area contributed by atoms with Gasteiger partial charge >= 0.3 is 12.4 Å². The molecular formula is C14H10F6N2O2S. The van der Waals surface area contributed by atoms with E-state index in [0.717, 1.165) is 36.4 Å². The molecule has 0 aliphatic carbocycles. The molecule has 0 fully saturated rings. The van der Waals surface area contributed by atoms with E-state index in [4.69, 9.17) is 0 Å². The van der Waals surface area contributed by atoms with Gasteiger partial charge in [-0.1, -0.05) is 6.07 Å². The number of halogens is 6. The van der Waals surface area contributed by atoms with Crippen LogP contribution in [-0.2, 0) is 22.4 Å². The van der Waals surface area contributed by atoms with E-state index in [9.17, 15) is 34.8 Å². The lowest BCUT2D eigenvalue weighted by Crippen LogP contribution is -2.29. The summed E-state index contributed by atoms with van der Waals surface area (Å²) in [6.07, 6.45) is -9.26. The summed E-state index contributed by atoms with van der Waals surface area (Å²) in [6, 6.07) is 6.41. The molecule has 0 amide bonds. The third-order valence-corrected chi connectivity index (χ3v) is 4.26. The van der Waals surface area contributed by atoms with Crippen molar-refractivity contribution >= 4 is 15.7 Å². The largest absolute Gasteiger partial charge is 0.416 e.